The second kappa shape index (κ2) is 3.27. The van der Waals surface area contributed by atoms with E-state index in [1.807, 2.05) is 6.20 Å². The van der Waals surface area contributed by atoms with Crippen molar-refractivity contribution in [3.8, 4) is 0 Å². The molecule has 1 aromatic rings. The topological polar surface area (TPSA) is 43.8 Å². The predicted molar refractivity (Wildman–Crippen MR) is 47.9 cm³/mol. The maximum absolute atomic E-state index is 5.43. The van der Waals surface area contributed by atoms with Crippen LogP contribution in [-0.2, 0) is 6.42 Å². The molecule has 1 aliphatic rings. The van der Waals surface area contributed by atoms with Crippen LogP contribution in [0.25, 0.3) is 0 Å². The summed E-state index contributed by atoms with van der Waals surface area (Å²) < 4.78 is 2.09. The van der Waals surface area contributed by atoms with E-state index in [2.05, 4.69) is 16.0 Å². The highest BCUT2D eigenvalue weighted by Crippen LogP contribution is 2.33. The standard InChI is InChI=1S/C9H15N3/c10-5-1-2-8-6-11-12(7-8)9-3-4-9/h6-7,9H,1-5,10H2. The first-order valence-electron chi connectivity index (χ1n) is 4.63. The fourth-order valence-electron chi connectivity index (χ4n) is 1.35. The Balaban J connectivity index is 1.93. The monoisotopic (exact) mass is 165 g/mol. The van der Waals surface area contributed by atoms with Crippen LogP contribution >= 0.6 is 0 Å². The minimum Gasteiger partial charge on any atom is -0.330 e. The highest BCUT2D eigenvalue weighted by Gasteiger charge is 2.23. The Kier molecular flexibility index (Phi) is 2.13. The molecular weight excluding hydrogens is 150 g/mol. The van der Waals surface area contributed by atoms with Crippen LogP contribution in [0.3, 0.4) is 0 Å². The average molecular weight is 165 g/mol. The molecule has 1 aromatic heterocycles. The second-order valence-corrected chi connectivity index (χ2v) is 3.45. The van der Waals surface area contributed by atoms with Crippen molar-refractivity contribution in [3.63, 3.8) is 0 Å². The van der Waals surface area contributed by atoms with Gasteiger partial charge >= 0.3 is 0 Å². The van der Waals surface area contributed by atoms with Crippen molar-refractivity contribution in [3.05, 3.63) is 18.0 Å². The van der Waals surface area contributed by atoms with Gasteiger partial charge in [-0.3, -0.25) is 4.68 Å². The Bertz CT molecular complexity index is 250. The summed E-state index contributed by atoms with van der Waals surface area (Å²) in [6.07, 6.45) is 8.87. The molecule has 2 N–H and O–H groups in total. The molecule has 0 unspecified atom stereocenters. The van der Waals surface area contributed by atoms with Crippen molar-refractivity contribution < 1.29 is 0 Å². The number of nitrogens with two attached hydrogens (primary N) is 1. The molecule has 1 fully saturated rings. The molecule has 0 aromatic carbocycles. The SMILES string of the molecule is NCCCc1cnn(C2CC2)c1. The van der Waals surface area contributed by atoms with Crippen LogP contribution in [-0.4, -0.2) is 16.3 Å². The molecular formula is C9H15N3. The Hall–Kier alpha value is -0.830. The van der Waals surface area contributed by atoms with Crippen molar-refractivity contribution in [1.29, 1.82) is 0 Å². The van der Waals surface area contributed by atoms with Gasteiger partial charge in [0.05, 0.1) is 12.2 Å². The predicted octanol–water partition coefficient (Wildman–Crippen LogP) is 1.11. The van der Waals surface area contributed by atoms with Gasteiger partial charge in [0, 0.05) is 6.20 Å². The summed E-state index contributed by atoms with van der Waals surface area (Å²) in [5, 5.41) is 4.31. The van der Waals surface area contributed by atoms with E-state index < -0.39 is 0 Å². The van der Waals surface area contributed by atoms with E-state index in [4.69, 9.17) is 5.73 Å². The van der Waals surface area contributed by atoms with Crippen LogP contribution in [0, 0.1) is 0 Å². The summed E-state index contributed by atoms with van der Waals surface area (Å²) in [6, 6.07) is 0.705. The summed E-state index contributed by atoms with van der Waals surface area (Å²) in [5.41, 5.74) is 6.75. The van der Waals surface area contributed by atoms with Crippen molar-refractivity contribution in [1.82, 2.24) is 9.78 Å². The lowest BCUT2D eigenvalue weighted by atomic mass is 10.2. The molecule has 3 heteroatoms. The summed E-state index contributed by atoms with van der Waals surface area (Å²) in [4.78, 5) is 0. The van der Waals surface area contributed by atoms with Crippen molar-refractivity contribution in [2.75, 3.05) is 6.54 Å². The molecule has 0 spiro atoms. The van der Waals surface area contributed by atoms with E-state index in [0.717, 1.165) is 19.4 Å². The summed E-state index contributed by atoms with van der Waals surface area (Å²) >= 11 is 0. The van der Waals surface area contributed by atoms with Gasteiger partial charge in [0.15, 0.2) is 0 Å². The maximum Gasteiger partial charge on any atom is 0.0521 e. The zero-order valence-electron chi connectivity index (χ0n) is 7.24. The van der Waals surface area contributed by atoms with Crippen LogP contribution < -0.4 is 5.73 Å². The third kappa shape index (κ3) is 1.67. The van der Waals surface area contributed by atoms with E-state index in [-0.39, 0.29) is 0 Å². The average Bonchev–Trinajstić information content (AvgIpc) is 2.83. The largest absolute Gasteiger partial charge is 0.330 e. The van der Waals surface area contributed by atoms with Crippen molar-refractivity contribution >= 4 is 0 Å². The third-order valence-corrected chi connectivity index (χ3v) is 2.25. The van der Waals surface area contributed by atoms with Gasteiger partial charge in [0.1, 0.15) is 0 Å². The molecule has 0 aliphatic heterocycles. The van der Waals surface area contributed by atoms with Gasteiger partial charge < -0.3 is 5.73 Å². The normalized spacial score (nSPS) is 16.8. The van der Waals surface area contributed by atoms with Crippen molar-refractivity contribution in [2.45, 2.75) is 31.7 Å². The lowest BCUT2D eigenvalue weighted by Gasteiger charge is -1.94. The van der Waals surface area contributed by atoms with Gasteiger partial charge in [-0.1, -0.05) is 0 Å². The van der Waals surface area contributed by atoms with Gasteiger partial charge in [-0.2, -0.15) is 5.10 Å². The molecule has 0 radical (unpaired) electrons. The molecule has 0 atom stereocenters. The van der Waals surface area contributed by atoms with Gasteiger partial charge in [-0.25, -0.2) is 0 Å². The molecule has 0 bridgehead atoms. The number of hydrogen-bond donors (Lipinski definition) is 1. The Morgan fingerprint density at radius 3 is 3.08 bits per heavy atom. The first-order chi connectivity index (χ1) is 5.90. The van der Waals surface area contributed by atoms with E-state index in [1.54, 1.807) is 0 Å². The summed E-state index contributed by atoms with van der Waals surface area (Å²) in [6.45, 7) is 0.772. The molecule has 12 heavy (non-hydrogen) atoms. The Labute approximate surface area is 72.6 Å². The van der Waals surface area contributed by atoms with Crippen LogP contribution in [0.2, 0.25) is 0 Å². The fraction of sp³-hybridized carbons (Fsp3) is 0.667. The number of hydrogen-bond acceptors (Lipinski definition) is 2. The molecule has 3 nitrogen and oxygen atoms in total. The zero-order chi connectivity index (χ0) is 8.39. The molecule has 0 saturated heterocycles. The van der Waals surface area contributed by atoms with Crippen LogP contribution in [0.1, 0.15) is 30.9 Å². The van der Waals surface area contributed by atoms with E-state index in [0.29, 0.717) is 6.04 Å². The summed E-state index contributed by atoms with van der Waals surface area (Å²) in [7, 11) is 0. The van der Waals surface area contributed by atoms with Gasteiger partial charge in [-0.05, 0) is 37.8 Å². The number of nitrogens with zero attached hydrogens (tertiary/aromatic N) is 2. The smallest absolute Gasteiger partial charge is 0.0521 e. The van der Waals surface area contributed by atoms with E-state index >= 15 is 0 Å². The summed E-state index contributed by atoms with van der Waals surface area (Å²) in [5.74, 6) is 0. The first-order valence-corrected chi connectivity index (χ1v) is 4.63. The first kappa shape index (κ1) is 7.80. The molecule has 2 rings (SSSR count). The number of aromatic nitrogens is 2. The van der Waals surface area contributed by atoms with Crippen LogP contribution in [0.15, 0.2) is 12.4 Å². The minimum absolute atomic E-state index is 0.705. The van der Waals surface area contributed by atoms with Gasteiger partial charge in [0.25, 0.3) is 0 Å². The molecule has 1 aliphatic carbocycles. The molecule has 66 valence electrons. The zero-order valence-corrected chi connectivity index (χ0v) is 7.24. The van der Waals surface area contributed by atoms with E-state index in [1.165, 1.54) is 18.4 Å². The maximum atomic E-state index is 5.43. The molecule has 0 amide bonds. The third-order valence-electron chi connectivity index (χ3n) is 2.25. The quantitative estimate of drug-likeness (QED) is 0.726. The fourth-order valence-corrected chi connectivity index (χ4v) is 1.35. The molecule has 1 saturated carbocycles. The highest BCUT2D eigenvalue weighted by molar-refractivity contribution is 5.05. The Morgan fingerprint density at radius 1 is 1.58 bits per heavy atom. The second-order valence-electron chi connectivity index (χ2n) is 3.45. The van der Waals surface area contributed by atoms with Crippen molar-refractivity contribution in [2.24, 2.45) is 5.73 Å². The highest BCUT2D eigenvalue weighted by atomic mass is 15.3. The van der Waals surface area contributed by atoms with Gasteiger partial charge in [0.2, 0.25) is 0 Å². The lowest BCUT2D eigenvalue weighted by Crippen LogP contribution is -1.99. The van der Waals surface area contributed by atoms with Gasteiger partial charge in [-0.15, -0.1) is 0 Å². The van der Waals surface area contributed by atoms with Crippen LogP contribution in [0.4, 0.5) is 0 Å². The van der Waals surface area contributed by atoms with E-state index in [9.17, 15) is 0 Å². The Morgan fingerprint density at radius 2 is 2.42 bits per heavy atom. The molecule has 1 heterocycles. The minimum atomic E-state index is 0.705. The number of aryl methyl sites for hydroxylation is 1. The van der Waals surface area contributed by atoms with Crippen LogP contribution in [0.5, 0.6) is 0 Å². The number of rotatable bonds is 4. The lowest BCUT2D eigenvalue weighted by molar-refractivity contribution is 0.640.